The van der Waals surface area contributed by atoms with E-state index in [1.807, 2.05) is 25.1 Å². The van der Waals surface area contributed by atoms with Gasteiger partial charge in [-0.25, -0.2) is 0 Å². The predicted octanol–water partition coefficient (Wildman–Crippen LogP) is 2.80. The topological polar surface area (TPSA) is 67.9 Å². The summed E-state index contributed by atoms with van der Waals surface area (Å²) in [7, 11) is 3.11. The fourth-order valence-corrected chi connectivity index (χ4v) is 2.66. The minimum absolute atomic E-state index is 0.140. The van der Waals surface area contributed by atoms with Gasteiger partial charge in [0, 0.05) is 31.6 Å². The number of anilines is 1. The van der Waals surface area contributed by atoms with E-state index in [1.165, 1.54) is 14.0 Å². The number of amides is 2. The molecule has 6 heteroatoms. The van der Waals surface area contributed by atoms with Crippen LogP contribution in [0.15, 0.2) is 42.5 Å². The number of nitrogens with zero attached hydrogens (tertiary/aromatic N) is 1. The van der Waals surface area contributed by atoms with Crippen molar-refractivity contribution >= 4 is 17.5 Å². The first-order chi connectivity index (χ1) is 12.5. The van der Waals surface area contributed by atoms with E-state index in [-0.39, 0.29) is 11.8 Å². The van der Waals surface area contributed by atoms with Crippen LogP contribution in [0.3, 0.4) is 0 Å². The molecule has 0 unspecified atom stereocenters. The van der Waals surface area contributed by atoms with Gasteiger partial charge in [0.25, 0.3) is 5.91 Å². The van der Waals surface area contributed by atoms with Crippen molar-refractivity contribution in [3.05, 3.63) is 53.6 Å². The zero-order valence-corrected chi connectivity index (χ0v) is 15.5. The second-order valence-corrected chi connectivity index (χ2v) is 5.78. The fourth-order valence-electron chi connectivity index (χ4n) is 2.66. The van der Waals surface area contributed by atoms with Gasteiger partial charge in [-0.2, -0.15) is 0 Å². The SMILES string of the molecule is COc1ccc(N(CCNC(=O)c2ccccc2C)C(C)=O)c(OC)c1. The predicted molar refractivity (Wildman–Crippen MR) is 101 cm³/mol. The Morgan fingerprint density at radius 3 is 2.42 bits per heavy atom. The number of benzene rings is 2. The number of hydrogen-bond donors (Lipinski definition) is 1. The van der Waals surface area contributed by atoms with Gasteiger partial charge in [0.15, 0.2) is 0 Å². The molecule has 0 saturated carbocycles. The number of ether oxygens (including phenoxy) is 2. The van der Waals surface area contributed by atoms with Gasteiger partial charge in [0.05, 0.1) is 19.9 Å². The molecule has 0 atom stereocenters. The number of carbonyl (C=O) groups excluding carboxylic acids is 2. The standard InChI is InChI=1S/C20H24N2O4/c1-14-7-5-6-8-17(14)20(24)21-11-12-22(15(2)23)18-10-9-16(25-3)13-19(18)26-4/h5-10,13H,11-12H2,1-4H3,(H,21,24). The zero-order chi connectivity index (χ0) is 19.1. The molecular weight excluding hydrogens is 332 g/mol. The van der Waals surface area contributed by atoms with Gasteiger partial charge in [0.1, 0.15) is 11.5 Å². The van der Waals surface area contributed by atoms with Gasteiger partial charge < -0.3 is 19.7 Å². The summed E-state index contributed by atoms with van der Waals surface area (Å²) in [6, 6.07) is 12.6. The van der Waals surface area contributed by atoms with E-state index in [9.17, 15) is 9.59 Å². The first-order valence-electron chi connectivity index (χ1n) is 8.32. The zero-order valence-electron chi connectivity index (χ0n) is 15.5. The second-order valence-electron chi connectivity index (χ2n) is 5.78. The maximum atomic E-state index is 12.3. The molecule has 0 heterocycles. The molecule has 0 aliphatic heterocycles. The first kappa shape index (κ1) is 19.3. The van der Waals surface area contributed by atoms with Crippen LogP contribution in [0.2, 0.25) is 0 Å². The Bertz CT molecular complexity index is 789. The van der Waals surface area contributed by atoms with Gasteiger partial charge >= 0.3 is 0 Å². The van der Waals surface area contributed by atoms with Crippen LogP contribution in [-0.2, 0) is 4.79 Å². The summed E-state index contributed by atoms with van der Waals surface area (Å²) in [4.78, 5) is 26.0. The minimum Gasteiger partial charge on any atom is -0.497 e. The van der Waals surface area contributed by atoms with Crippen LogP contribution in [0.1, 0.15) is 22.8 Å². The average Bonchev–Trinajstić information content (AvgIpc) is 2.64. The molecule has 2 aromatic carbocycles. The first-order valence-corrected chi connectivity index (χ1v) is 8.32. The van der Waals surface area contributed by atoms with E-state index in [2.05, 4.69) is 5.32 Å². The van der Waals surface area contributed by atoms with Crippen molar-refractivity contribution in [2.24, 2.45) is 0 Å². The summed E-state index contributed by atoms with van der Waals surface area (Å²) < 4.78 is 10.6. The molecule has 26 heavy (non-hydrogen) atoms. The molecule has 2 amide bonds. The van der Waals surface area contributed by atoms with E-state index in [0.29, 0.717) is 35.8 Å². The molecule has 0 radical (unpaired) electrons. The lowest BCUT2D eigenvalue weighted by molar-refractivity contribution is -0.116. The average molecular weight is 356 g/mol. The number of rotatable bonds is 7. The summed E-state index contributed by atoms with van der Waals surface area (Å²) in [6.07, 6.45) is 0. The highest BCUT2D eigenvalue weighted by Crippen LogP contribution is 2.32. The molecule has 1 N–H and O–H groups in total. The van der Waals surface area contributed by atoms with E-state index in [0.717, 1.165) is 5.56 Å². The van der Waals surface area contributed by atoms with Crippen molar-refractivity contribution in [3.8, 4) is 11.5 Å². The molecule has 0 saturated heterocycles. The number of hydrogen-bond acceptors (Lipinski definition) is 4. The third-order valence-corrected chi connectivity index (χ3v) is 4.07. The molecule has 0 spiro atoms. The quantitative estimate of drug-likeness (QED) is 0.828. The highest BCUT2D eigenvalue weighted by Gasteiger charge is 2.17. The third kappa shape index (κ3) is 4.53. The van der Waals surface area contributed by atoms with Gasteiger partial charge in [0.2, 0.25) is 5.91 Å². The summed E-state index contributed by atoms with van der Waals surface area (Å²) >= 11 is 0. The molecule has 0 fully saturated rings. The van der Waals surface area contributed by atoms with E-state index >= 15 is 0 Å². The van der Waals surface area contributed by atoms with Crippen LogP contribution in [0, 0.1) is 6.92 Å². The summed E-state index contributed by atoms with van der Waals surface area (Å²) in [5, 5.41) is 2.86. The van der Waals surface area contributed by atoms with Crippen LogP contribution in [0.5, 0.6) is 11.5 Å². The maximum Gasteiger partial charge on any atom is 0.251 e. The van der Waals surface area contributed by atoms with Crippen molar-refractivity contribution in [3.63, 3.8) is 0 Å². The Balaban J connectivity index is 2.09. The largest absolute Gasteiger partial charge is 0.497 e. The lowest BCUT2D eigenvalue weighted by Gasteiger charge is -2.24. The smallest absolute Gasteiger partial charge is 0.251 e. The van der Waals surface area contributed by atoms with Crippen LogP contribution in [-0.4, -0.2) is 39.1 Å². The summed E-state index contributed by atoms with van der Waals surface area (Å²) in [5.41, 5.74) is 2.17. The summed E-state index contributed by atoms with van der Waals surface area (Å²) in [5.74, 6) is 0.874. The second kappa shape index (κ2) is 8.89. The number of aryl methyl sites for hydroxylation is 1. The number of nitrogens with one attached hydrogen (secondary N) is 1. The lowest BCUT2D eigenvalue weighted by Crippen LogP contribution is -2.37. The minimum atomic E-state index is -0.159. The van der Waals surface area contributed by atoms with Crippen molar-refractivity contribution in [2.75, 3.05) is 32.2 Å². The molecule has 0 aromatic heterocycles. The van der Waals surface area contributed by atoms with Crippen LogP contribution < -0.4 is 19.7 Å². The van der Waals surface area contributed by atoms with Gasteiger partial charge in [-0.15, -0.1) is 0 Å². The normalized spacial score (nSPS) is 10.2. The van der Waals surface area contributed by atoms with Crippen molar-refractivity contribution in [1.82, 2.24) is 5.32 Å². The Hall–Kier alpha value is -3.02. The molecule has 0 aliphatic rings. The lowest BCUT2D eigenvalue weighted by atomic mass is 10.1. The number of carbonyl (C=O) groups is 2. The van der Waals surface area contributed by atoms with Crippen molar-refractivity contribution < 1.29 is 19.1 Å². The molecule has 0 bridgehead atoms. The summed E-state index contributed by atoms with van der Waals surface area (Å²) in [6.45, 7) is 4.02. The molecule has 6 nitrogen and oxygen atoms in total. The Labute approximate surface area is 153 Å². The Morgan fingerprint density at radius 2 is 1.81 bits per heavy atom. The van der Waals surface area contributed by atoms with Crippen molar-refractivity contribution in [2.45, 2.75) is 13.8 Å². The Kier molecular flexibility index (Phi) is 6.60. The van der Waals surface area contributed by atoms with Crippen molar-refractivity contribution in [1.29, 1.82) is 0 Å². The monoisotopic (exact) mass is 356 g/mol. The highest BCUT2D eigenvalue weighted by atomic mass is 16.5. The van der Waals surface area contributed by atoms with Crippen LogP contribution in [0.25, 0.3) is 0 Å². The molecule has 2 rings (SSSR count). The fraction of sp³-hybridized carbons (Fsp3) is 0.300. The van der Waals surface area contributed by atoms with Gasteiger partial charge in [-0.3, -0.25) is 9.59 Å². The molecule has 138 valence electrons. The van der Waals surface area contributed by atoms with Crippen LogP contribution in [0.4, 0.5) is 5.69 Å². The Morgan fingerprint density at radius 1 is 1.08 bits per heavy atom. The molecule has 2 aromatic rings. The third-order valence-electron chi connectivity index (χ3n) is 4.07. The van der Waals surface area contributed by atoms with E-state index in [4.69, 9.17) is 9.47 Å². The van der Waals surface area contributed by atoms with Crippen LogP contribution >= 0.6 is 0 Å². The number of methoxy groups -OCH3 is 2. The molecular formula is C20H24N2O4. The van der Waals surface area contributed by atoms with Gasteiger partial charge in [-0.1, -0.05) is 18.2 Å². The molecule has 0 aliphatic carbocycles. The van der Waals surface area contributed by atoms with E-state index in [1.54, 1.807) is 36.3 Å². The van der Waals surface area contributed by atoms with E-state index < -0.39 is 0 Å². The maximum absolute atomic E-state index is 12.3. The highest BCUT2D eigenvalue weighted by molar-refractivity contribution is 5.96. The van der Waals surface area contributed by atoms with Gasteiger partial charge in [-0.05, 0) is 30.7 Å².